The Morgan fingerprint density at radius 1 is 1.15 bits per heavy atom. The van der Waals surface area contributed by atoms with Crippen LogP contribution in [-0.2, 0) is 10.3 Å². The van der Waals surface area contributed by atoms with E-state index in [-0.39, 0.29) is 23.0 Å². The summed E-state index contributed by atoms with van der Waals surface area (Å²) in [5.74, 6) is -0.318. The molecule has 1 aliphatic rings. The third-order valence-corrected chi connectivity index (χ3v) is 6.64. The second-order valence-corrected chi connectivity index (χ2v) is 8.26. The molecule has 0 radical (unpaired) electrons. The van der Waals surface area contributed by atoms with E-state index in [9.17, 15) is 9.90 Å². The van der Waals surface area contributed by atoms with E-state index in [0.29, 0.717) is 10.7 Å². The zero-order chi connectivity index (χ0) is 18.9. The van der Waals surface area contributed by atoms with Gasteiger partial charge >= 0.3 is 0 Å². The third-order valence-electron chi connectivity index (χ3n) is 4.41. The van der Waals surface area contributed by atoms with Gasteiger partial charge in [0.25, 0.3) is 5.91 Å². The SMILES string of the molecule is O=C1NC(c2ccccc2)(c2cscn2)CC(O)=C1Sc1ccccc1Cl. The van der Waals surface area contributed by atoms with Gasteiger partial charge in [-0.1, -0.05) is 65.8 Å². The first-order valence-electron chi connectivity index (χ1n) is 8.21. The summed E-state index contributed by atoms with van der Waals surface area (Å²) in [7, 11) is 0. The number of carbonyl (C=O) groups excluding carboxylic acids is 1. The summed E-state index contributed by atoms with van der Waals surface area (Å²) < 4.78 is 0. The maximum atomic E-state index is 13.0. The second-order valence-electron chi connectivity index (χ2n) is 6.08. The number of benzene rings is 2. The molecule has 4 nitrogen and oxygen atoms in total. The molecule has 136 valence electrons. The highest BCUT2D eigenvalue weighted by Crippen LogP contribution is 2.43. The minimum atomic E-state index is -0.896. The molecule has 1 atom stereocenters. The lowest BCUT2D eigenvalue weighted by Gasteiger charge is -2.37. The Balaban J connectivity index is 1.77. The average molecular weight is 415 g/mol. The minimum Gasteiger partial charge on any atom is -0.511 e. The molecule has 0 fully saturated rings. The number of hydrogen-bond acceptors (Lipinski definition) is 5. The van der Waals surface area contributed by atoms with Gasteiger partial charge in [0.1, 0.15) is 16.2 Å². The van der Waals surface area contributed by atoms with Crippen molar-refractivity contribution in [1.29, 1.82) is 0 Å². The van der Waals surface area contributed by atoms with Crippen LogP contribution in [-0.4, -0.2) is 16.0 Å². The number of amides is 1. The number of nitrogens with zero attached hydrogens (tertiary/aromatic N) is 1. The van der Waals surface area contributed by atoms with Gasteiger partial charge in [-0.2, -0.15) is 0 Å². The molecule has 0 aliphatic carbocycles. The standard InChI is InChI=1S/C20H15ClN2O2S2/c21-14-8-4-5-9-16(14)27-18-15(24)10-20(23-19(18)25,17-11-26-12-22-17)13-6-2-1-3-7-13/h1-9,11-12,24H,10H2,(H,23,25). The number of aliphatic hydroxyl groups is 1. The molecule has 2 heterocycles. The highest BCUT2D eigenvalue weighted by molar-refractivity contribution is 8.04. The molecule has 2 N–H and O–H groups in total. The lowest BCUT2D eigenvalue weighted by atomic mass is 9.81. The predicted octanol–water partition coefficient (Wildman–Crippen LogP) is 5.12. The Labute approximate surface area is 169 Å². The summed E-state index contributed by atoms with van der Waals surface area (Å²) in [4.78, 5) is 18.4. The quantitative estimate of drug-likeness (QED) is 0.621. The molecule has 0 spiro atoms. The summed E-state index contributed by atoms with van der Waals surface area (Å²) in [6.07, 6.45) is 0.222. The molecule has 1 unspecified atom stereocenters. The number of halogens is 1. The largest absolute Gasteiger partial charge is 0.511 e. The molecular weight excluding hydrogens is 400 g/mol. The van der Waals surface area contributed by atoms with Crippen molar-refractivity contribution >= 4 is 40.6 Å². The molecule has 0 saturated heterocycles. The fraction of sp³-hybridized carbons (Fsp3) is 0.100. The Hall–Kier alpha value is -2.28. The molecule has 0 saturated carbocycles. The van der Waals surface area contributed by atoms with Crippen LogP contribution in [0.1, 0.15) is 17.7 Å². The highest BCUT2D eigenvalue weighted by atomic mass is 35.5. The van der Waals surface area contributed by atoms with Crippen LogP contribution in [0.5, 0.6) is 0 Å². The topological polar surface area (TPSA) is 62.2 Å². The van der Waals surface area contributed by atoms with E-state index in [0.717, 1.165) is 10.5 Å². The molecule has 3 aromatic rings. The van der Waals surface area contributed by atoms with Crippen molar-refractivity contribution in [2.45, 2.75) is 16.9 Å². The lowest BCUT2D eigenvalue weighted by molar-refractivity contribution is -0.119. The summed E-state index contributed by atoms with van der Waals surface area (Å²) in [6, 6.07) is 16.8. The van der Waals surface area contributed by atoms with Crippen LogP contribution in [0.15, 0.2) is 81.0 Å². The van der Waals surface area contributed by atoms with Crippen LogP contribution >= 0.6 is 34.7 Å². The van der Waals surface area contributed by atoms with Crippen molar-refractivity contribution in [2.75, 3.05) is 0 Å². The second kappa shape index (κ2) is 7.38. The molecule has 1 amide bonds. The van der Waals surface area contributed by atoms with Gasteiger partial charge < -0.3 is 10.4 Å². The number of hydrogen-bond donors (Lipinski definition) is 2. The molecule has 27 heavy (non-hydrogen) atoms. The molecule has 0 bridgehead atoms. The van der Waals surface area contributed by atoms with Gasteiger partial charge in [-0.3, -0.25) is 4.79 Å². The van der Waals surface area contributed by atoms with Gasteiger partial charge in [-0.25, -0.2) is 4.98 Å². The summed E-state index contributed by atoms with van der Waals surface area (Å²) in [6.45, 7) is 0. The van der Waals surface area contributed by atoms with Crippen LogP contribution < -0.4 is 5.32 Å². The Morgan fingerprint density at radius 2 is 1.89 bits per heavy atom. The molecule has 7 heteroatoms. The van der Waals surface area contributed by atoms with E-state index in [1.54, 1.807) is 11.6 Å². The van der Waals surface area contributed by atoms with Crippen LogP contribution in [0.4, 0.5) is 0 Å². The summed E-state index contributed by atoms with van der Waals surface area (Å²) in [5, 5.41) is 16.3. The first kappa shape index (κ1) is 18.1. The smallest absolute Gasteiger partial charge is 0.262 e. The highest BCUT2D eigenvalue weighted by Gasteiger charge is 2.44. The number of aliphatic hydroxyl groups excluding tert-OH is 1. The van der Waals surface area contributed by atoms with Crippen molar-refractivity contribution in [1.82, 2.24) is 10.3 Å². The number of thioether (sulfide) groups is 1. The zero-order valence-electron chi connectivity index (χ0n) is 14.1. The van der Waals surface area contributed by atoms with E-state index in [1.165, 1.54) is 23.1 Å². The predicted molar refractivity (Wildman–Crippen MR) is 109 cm³/mol. The molecule has 4 rings (SSSR count). The fourth-order valence-electron chi connectivity index (χ4n) is 3.12. The van der Waals surface area contributed by atoms with Gasteiger partial charge in [0.2, 0.25) is 0 Å². The molecular formula is C20H15ClN2O2S2. The van der Waals surface area contributed by atoms with Crippen LogP contribution in [0.2, 0.25) is 5.02 Å². The normalized spacial score (nSPS) is 19.8. The van der Waals surface area contributed by atoms with Crippen LogP contribution in [0, 0.1) is 0 Å². The number of carbonyl (C=O) groups is 1. The first-order chi connectivity index (χ1) is 13.1. The Morgan fingerprint density at radius 3 is 2.56 bits per heavy atom. The van der Waals surface area contributed by atoms with Crippen molar-refractivity contribution in [3.8, 4) is 0 Å². The number of nitrogens with one attached hydrogen (secondary N) is 1. The first-order valence-corrected chi connectivity index (χ1v) is 10.3. The Bertz CT molecular complexity index is 1010. The third kappa shape index (κ3) is 3.36. The number of rotatable bonds is 4. The van der Waals surface area contributed by atoms with Gasteiger partial charge in [0, 0.05) is 16.7 Å². The average Bonchev–Trinajstić information content (AvgIpc) is 3.22. The molecule has 1 aromatic heterocycles. The molecule has 2 aromatic carbocycles. The number of thiazole rings is 1. The van der Waals surface area contributed by atoms with E-state index in [1.807, 2.05) is 53.9 Å². The number of aromatic nitrogens is 1. The molecule has 1 aliphatic heterocycles. The van der Waals surface area contributed by atoms with Gasteiger partial charge in [-0.05, 0) is 17.7 Å². The lowest BCUT2D eigenvalue weighted by Crippen LogP contribution is -2.50. The van der Waals surface area contributed by atoms with Crippen LogP contribution in [0.3, 0.4) is 0 Å². The monoisotopic (exact) mass is 414 g/mol. The van der Waals surface area contributed by atoms with Gasteiger partial charge in [0.15, 0.2) is 0 Å². The van der Waals surface area contributed by atoms with E-state index >= 15 is 0 Å². The fourth-order valence-corrected chi connectivity index (χ4v) is 4.87. The minimum absolute atomic E-state index is 0.0283. The van der Waals surface area contributed by atoms with Gasteiger partial charge in [0.05, 0.1) is 16.2 Å². The van der Waals surface area contributed by atoms with E-state index in [2.05, 4.69) is 10.3 Å². The van der Waals surface area contributed by atoms with Crippen molar-refractivity contribution < 1.29 is 9.90 Å². The Kier molecular flexibility index (Phi) is 4.95. The maximum absolute atomic E-state index is 13.0. The van der Waals surface area contributed by atoms with Crippen molar-refractivity contribution in [3.63, 3.8) is 0 Å². The van der Waals surface area contributed by atoms with E-state index in [4.69, 9.17) is 11.6 Å². The van der Waals surface area contributed by atoms with Crippen molar-refractivity contribution in [3.05, 3.63) is 92.4 Å². The maximum Gasteiger partial charge on any atom is 0.262 e. The van der Waals surface area contributed by atoms with Gasteiger partial charge in [-0.15, -0.1) is 11.3 Å². The van der Waals surface area contributed by atoms with Crippen molar-refractivity contribution in [2.24, 2.45) is 0 Å². The zero-order valence-corrected chi connectivity index (χ0v) is 16.4. The summed E-state index contributed by atoms with van der Waals surface area (Å²) >= 11 is 8.83. The summed E-state index contributed by atoms with van der Waals surface area (Å²) in [5.41, 5.74) is 2.41. The van der Waals surface area contributed by atoms with Crippen LogP contribution in [0.25, 0.3) is 0 Å². The van der Waals surface area contributed by atoms with E-state index < -0.39 is 5.54 Å².